The molecule has 1 heterocycles. The van der Waals surface area contributed by atoms with Gasteiger partial charge in [-0.2, -0.15) is 0 Å². The van der Waals surface area contributed by atoms with E-state index in [0.29, 0.717) is 12.3 Å². The Kier molecular flexibility index (Phi) is 5.27. The van der Waals surface area contributed by atoms with Crippen molar-refractivity contribution in [1.29, 1.82) is 0 Å². The van der Waals surface area contributed by atoms with Crippen molar-refractivity contribution >= 4 is 21.8 Å². The van der Waals surface area contributed by atoms with Gasteiger partial charge in [-0.1, -0.05) is 6.07 Å². The van der Waals surface area contributed by atoms with Crippen LogP contribution in [0.1, 0.15) is 32.3 Å². The van der Waals surface area contributed by atoms with Crippen LogP contribution in [0, 0.1) is 6.92 Å². The van der Waals surface area contributed by atoms with Gasteiger partial charge in [0.25, 0.3) is 5.91 Å². The van der Waals surface area contributed by atoms with Crippen molar-refractivity contribution in [3.8, 4) is 5.75 Å². The Hall–Kier alpha value is -1.07. The van der Waals surface area contributed by atoms with Crippen molar-refractivity contribution in [2.24, 2.45) is 5.73 Å². The highest BCUT2D eigenvalue weighted by molar-refractivity contribution is 9.10. The standard InChI is InChI=1S/C16H23BrN2O2/c1-10-4-5-15(14(17)8-10)21-12(3)16(20)19-7-6-13(18)9-11(19)2/h4-5,8,11-13H,6-7,9,18H2,1-3H3/t11-,12+,13+/m0/s1. The first kappa shape index (κ1) is 16.3. The van der Waals surface area contributed by atoms with Crippen molar-refractivity contribution in [3.63, 3.8) is 0 Å². The van der Waals surface area contributed by atoms with Gasteiger partial charge >= 0.3 is 0 Å². The molecule has 1 aromatic carbocycles. The highest BCUT2D eigenvalue weighted by Crippen LogP contribution is 2.27. The van der Waals surface area contributed by atoms with Gasteiger partial charge in [0.15, 0.2) is 6.10 Å². The Labute approximate surface area is 134 Å². The van der Waals surface area contributed by atoms with E-state index < -0.39 is 6.10 Å². The average Bonchev–Trinajstić information content (AvgIpc) is 2.41. The number of hydrogen-bond acceptors (Lipinski definition) is 3. The number of piperidine rings is 1. The van der Waals surface area contributed by atoms with Crippen molar-refractivity contribution in [3.05, 3.63) is 28.2 Å². The van der Waals surface area contributed by atoms with Crippen molar-refractivity contribution in [1.82, 2.24) is 4.90 Å². The predicted octanol–water partition coefficient (Wildman–Crippen LogP) is 2.86. The number of carbonyl (C=O) groups is 1. The second-order valence-corrected chi connectivity index (χ2v) is 6.71. The Bertz CT molecular complexity index is 521. The highest BCUT2D eigenvalue weighted by Gasteiger charge is 2.30. The molecule has 1 aliphatic rings. The molecule has 2 N–H and O–H groups in total. The first-order valence-corrected chi connectivity index (χ1v) is 8.16. The minimum atomic E-state index is -0.499. The summed E-state index contributed by atoms with van der Waals surface area (Å²) in [4.78, 5) is 14.4. The molecule has 1 amide bonds. The molecule has 1 saturated heterocycles. The largest absolute Gasteiger partial charge is 0.480 e. The Morgan fingerprint density at radius 3 is 2.86 bits per heavy atom. The Morgan fingerprint density at radius 2 is 2.24 bits per heavy atom. The molecule has 1 fully saturated rings. The van der Waals surface area contributed by atoms with Crippen molar-refractivity contribution in [2.75, 3.05) is 6.54 Å². The Balaban J connectivity index is 2.02. The van der Waals surface area contributed by atoms with E-state index in [9.17, 15) is 4.79 Å². The molecule has 21 heavy (non-hydrogen) atoms. The van der Waals surface area contributed by atoms with Gasteiger partial charge in [0.05, 0.1) is 4.47 Å². The summed E-state index contributed by atoms with van der Waals surface area (Å²) in [7, 11) is 0. The Morgan fingerprint density at radius 1 is 1.52 bits per heavy atom. The normalized spacial score (nSPS) is 23.8. The second kappa shape index (κ2) is 6.79. The van der Waals surface area contributed by atoms with Crippen LogP contribution in [0.4, 0.5) is 0 Å². The lowest BCUT2D eigenvalue weighted by Crippen LogP contribution is -2.51. The van der Waals surface area contributed by atoms with Crippen LogP contribution < -0.4 is 10.5 Å². The third-order valence-corrected chi connectivity index (χ3v) is 4.56. The van der Waals surface area contributed by atoms with Gasteiger partial charge in [-0.3, -0.25) is 4.79 Å². The monoisotopic (exact) mass is 354 g/mol. The lowest BCUT2D eigenvalue weighted by Gasteiger charge is -2.37. The number of rotatable bonds is 3. The zero-order valence-electron chi connectivity index (χ0n) is 12.8. The summed E-state index contributed by atoms with van der Waals surface area (Å²) < 4.78 is 6.69. The third kappa shape index (κ3) is 3.98. The molecule has 0 saturated carbocycles. The minimum Gasteiger partial charge on any atom is -0.480 e. The molecule has 4 nitrogen and oxygen atoms in total. The van der Waals surface area contributed by atoms with Crippen molar-refractivity contribution in [2.45, 2.75) is 51.8 Å². The van der Waals surface area contributed by atoms with E-state index in [0.717, 1.165) is 22.9 Å². The van der Waals surface area contributed by atoms with Crippen LogP contribution in [0.5, 0.6) is 5.75 Å². The van der Waals surface area contributed by atoms with E-state index in [1.807, 2.05) is 36.9 Å². The molecule has 0 unspecified atom stereocenters. The molecule has 0 radical (unpaired) electrons. The van der Waals surface area contributed by atoms with Gasteiger partial charge in [0.2, 0.25) is 0 Å². The maximum absolute atomic E-state index is 12.5. The molecule has 1 aliphatic heterocycles. The molecule has 5 heteroatoms. The summed E-state index contributed by atoms with van der Waals surface area (Å²) in [6.45, 7) is 6.58. The topological polar surface area (TPSA) is 55.6 Å². The molecule has 2 rings (SSSR count). The summed E-state index contributed by atoms with van der Waals surface area (Å²) in [5, 5.41) is 0. The summed E-state index contributed by atoms with van der Waals surface area (Å²) in [6, 6.07) is 6.22. The fraction of sp³-hybridized carbons (Fsp3) is 0.562. The number of nitrogens with zero attached hydrogens (tertiary/aromatic N) is 1. The van der Waals surface area contributed by atoms with Gasteiger partial charge in [-0.05, 0) is 67.2 Å². The molecular formula is C16H23BrN2O2. The molecule has 3 atom stereocenters. The SMILES string of the molecule is Cc1ccc(O[C@H](C)C(=O)N2CC[C@@H](N)C[C@@H]2C)c(Br)c1. The number of aryl methyl sites for hydroxylation is 1. The summed E-state index contributed by atoms with van der Waals surface area (Å²) in [6.07, 6.45) is 1.21. The zero-order valence-corrected chi connectivity index (χ0v) is 14.4. The average molecular weight is 355 g/mol. The van der Waals surface area contributed by atoms with Crippen LogP contribution in [0.2, 0.25) is 0 Å². The molecule has 1 aromatic rings. The van der Waals surface area contributed by atoms with Crippen LogP contribution in [-0.4, -0.2) is 35.5 Å². The number of carbonyl (C=O) groups excluding carboxylic acids is 1. The molecular weight excluding hydrogens is 332 g/mol. The number of likely N-dealkylation sites (tertiary alicyclic amines) is 1. The van der Waals surface area contributed by atoms with Crippen molar-refractivity contribution < 1.29 is 9.53 Å². The number of hydrogen-bond donors (Lipinski definition) is 1. The highest BCUT2D eigenvalue weighted by atomic mass is 79.9. The first-order valence-electron chi connectivity index (χ1n) is 7.37. The number of amides is 1. The number of nitrogens with two attached hydrogens (primary N) is 1. The van der Waals surface area contributed by atoms with Gasteiger partial charge in [0, 0.05) is 18.6 Å². The van der Waals surface area contributed by atoms with E-state index in [-0.39, 0.29) is 18.0 Å². The van der Waals surface area contributed by atoms with E-state index in [4.69, 9.17) is 10.5 Å². The van der Waals surface area contributed by atoms with E-state index >= 15 is 0 Å². The van der Waals surface area contributed by atoms with Crippen LogP contribution >= 0.6 is 15.9 Å². The van der Waals surface area contributed by atoms with Crippen LogP contribution in [0.15, 0.2) is 22.7 Å². The number of halogens is 1. The van der Waals surface area contributed by atoms with Gasteiger partial charge in [0.1, 0.15) is 5.75 Å². The zero-order chi connectivity index (χ0) is 15.6. The molecule has 0 spiro atoms. The van der Waals surface area contributed by atoms with Crippen LogP contribution in [-0.2, 0) is 4.79 Å². The molecule has 116 valence electrons. The first-order chi connectivity index (χ1) is 9.88. The molecule has 0 aromatic heterocycles. The number of benzene rings is 1. The maximum atomic E-state index is 12.5. The summed E-state index contributed by atoms with van der Waals surface area (Å²) in [5.74, 6) is 0.727. The van der Waals surface area contributed by atoms with E-state index in [1.54, 1.807) is 6.92 Å². The maximum Gasteiger partial charge on any atom is 0.263 e. The van der Waals surface area contributed by atoms with Gasteiger partial charge in [-0.15, -0.1) is 0 Å². The van der Waals surface area contributed by atoms with Crippen LogP contribution in [0.25, 0.3) is 0 Å². The summed E-state index contributed by atoms with van der Waals surface area (Å²) in [5.41, 5.74) is 7.09. The van der Waals surface area contributed by atoms with E-state index in [2.05, 4.69) is 15.9 Å². The minimum absolute atomic E-state index is 0.0295. The van der Waals surface area contributed by atoms with E-state index in [1.165, 1.54) is 0 Å². The lowest BCUT2D eigenvalue weighted by molar-refractivity contribution is -0.141. The lowest BCUT2D eigenvalue weighted by atomic mass is 9.98. The predicted molar refractivity (Wildman–Crippen MR) is 87.4 cm³/mol. The van der Waals surface area contributed by atoms with Crippen LogP contribution in [0.3, 0.4) is 0 Å². The smallest absolute Gasteiger partial charge is 0.263 e. The van der Waals surface area contributed by atoms with Gasteiger partial charge in [-0.25, -0.2) is 0 Å². The molecule has 0 bridgehead atoms. The molecule has 0 aliphatic carbocycles. The third-order valence-electron chi connectivity index (χ3n) is 3.94. The summed E-state index contributed by atoms with van der Waals surface area (Å²) >= 11 is 3.47. The fourth-order valence-corrected chi connectivity index (χ4v) is 3.30. The quantitative estimate of drug-likeness (QED) is 0.907. The fourth-order valence-electron chi connectivity index (χ4n) is 2.71. The van der Waals surface area contributed by atoms with Gasteiger partial charge < -0.3 is 15.4 Å². The second-order valence-electron chi connectivity index (χ2n) is 5.86. The number of ether oxygens (including phenoxy) is 1.